The van der Waals surface area contributed by atoms with Crippen molar-refractivity contribution in [2.45, 2.75) is 19.4 Å². The van der Waals surface area contributed by atoms with Gasteiger partial charge in [-0.3, -0.25) is 9.59 Å². The SMILES string of the molecule is C=CCNC(=S)N1CCNC(=O)[C@@H]1CC(=O)Nc1ccc(OCC)cc1. The lowest BCUT2D eigenvalue weighted by atomic mass is 10.1. The topological polar surface area (TPSA) is 82.7 Å². The smallest absolute Gasteiger partial charge is 0.243 e. The minimum atomic E-state index is -0.642. The molecule has 0 radical (unpaired) electrons. The molecule has 140 valence electrons. The maximum absolute atomic E-state index is 12.4. The molecule has 0 spiro atoms. The molecule has 0 bridgehead atoms. The van der Waals surface area contributed by atoms with Gasteiger partial charge in [0.25, 0.3) is 0 Å². The molecule has 0 unspecified atom stereocenters. The number of anilines is 1. The van der Waals surface area contributed by atoms with Crippen LogP contribution in [0.3, 0.4) is 0 Å². The first-order valence-corrected chi connectivity index (χ1v) is 8.91. The Labute approximate surface area is 158 Å². The van der Waals surface area contributed by atoms with Gasteiger partial charge in [-0.05, 0) is 43.4 Å². The number of piperazine rings is 1. The minimum absolute atomic E-state index is 0.00888. The van der Waals surface area contributed by atoms with Crippen LogP contribution < -0.4 is 20.7 Å². The van der Waals surface area contributed by atoms with Gasteiger partial charge in [-0.25, -0.2) is 0 Å². The molecule has 1 fully saturated rings. The maximum atomic E-state index is 12.4. The van der Waals surface area contributed by atoms with Gasteiger partial charge in [-0.1, -0.05) is 6.08 Å². The number of rotatable bonds is 7. The van der Waals surface area contributed by atoms with Crippen molar-refractivity contribution in [2.24, 2.45) is 0 Å². The molecule has 0 aromatic heterocycles. The Bertz CT molecular complexity index is 663. The summed E-state index contributed by atoms with van der Waals surface area (Å²) in [5, 5.41) is 9.03. The third-order valence-electron chi connectivity index (χ3n) is 3.82. The van der Waals surface area contributed by atoms with Crippen LogP contribution in [0.15, 0.2) is 36.9 Å². The van der Waals surface area contributed by atoms with E-state index < -0.39 is 6.04 Å². The minimum Gasteiger partial charge on any atom is -0.494 e. The second kappa shape index (κ2) is 9.76. The van der Waals surface area contributed by atoms with Gasteiger partial charge < -0.3 is 25.6 Å². The maximum Gasteiger partial charge on any atom is 0.243 e. The summed E-state index contributed by atoms with van der Waals surface area (Å²) in [5.74, 6) is 0.274. The summed E-state index contributed by atoms with van der Waals surface area (Å²) in [6.07, 6.45) is 1.69. The number of amides is 2. The number of nitrogens with one attached hydrogen (secondary N) is 3. The molecule has 26 heavy (non-hydrogen) atoms. The lowest BCUT2D eigenvalue weighted by molar-refractivity contribution is -0.130. The van der Waals surface area contributed by atoms with Crippen molar-refractivity contribution in [2.75, 3.05) is 31.6 Å². The number of benzene rings is 1. The van der Waals surface area contributed by atoms with Crippen LogP contribution in [0.25, 0.3) is 0 Å². The Morgan fingerprint density at radius 1 is 1.46 bits per heavy atom. The average Bonchev–Trinajstić information content (AvgIpc) is 2.63. The third kappa shape index (κ3) is 5.45. The predicted molar refractivity (Wildman–Crippen MR) is 105 cm³/mol. The zero-order chi connectivity index (χ0) is 18.9. The van der Waals surface area contributed by atoms with Crippen LogP contribution in [-0.2, 0) is 9.59 Å². The van der Waals surface area contributed by atoms with Gasteiger partial charge >= 0.3 is 0 Å². The first-order valence-electron chi connectivity index (χ1n) is 8.51. The number of ether oxygens (including phenoxy) is 1. The molecule has 1 aromatic rings. The summed E-state index contributed by atoms with van der Waals surface area (Å²) in [7, 11) is 0. The fraction of sp³-hybridized carbons (Fsp3) is 0.389. The van der Waals surface area contributed by atoms with Crippen LogP contribution in [0.4, 0.5) is 5.69 Å². The van der Waals surface area contributed by atoms with Crippen molar-refractivity contribution >= 4 is 34.8 Å². The highest BCUT2D eigenvalue weighted by Crippen LogP contribution is 2.17. The van der Waals surface area contributed by atoms with Crippen molar-refractivity contribution in [3.63, 3.8) is 0 Å². The standard InChI is InChI=1S/C18H24N4O3S/c1-3-9-20-18(26)22-11-10-19-17(24)15(22)12-16(23)21-13-5-7-14(8-6-13)25-4-2/h3,5-8,15H,1,4,9-12H2,2H3,(H,19,24)(H,20,26)(H,21,23)/t15-/m0/s1. The lowest BCUT2D eigenvalue weighted by Gasteiger charge is -2.36. The molecule has 1 atom stereocenters. The van der Waals surface area contributed by atoms with Gasteiger partial charge in [-0.2, -0.15) is 0 Å². The molecule has 1 saturated heterocycles. The quantitative estimate of drug-likeness (QED) is 0.491. The molecule has 0 aliphatic carbocycles. The molecule has 3 N–H and O–H groups in total. The summed E-state index contributed by atoms with van der Waals surface area (Å²) in [6, 6.07) is 6.45. The van der Waals surface area contributed by atoms with E-state index in [1.807, 2.05) is 6.92 Å². The molecule has 0 saturated carbocycles. The summed E-state index contributed by atoms with van der Waals surface area (Å²) >= 11 is 5.33. The highest BCUT2D eigenvalue weighted by atomic mass is 32.1. The van der Waals surface area contributed by atoms with Gasteiger partial charge in [0.05, 0.1) is 13.0 Å². The second-order valence-corrected chi connectivity index (χ2v) is 6.07. The fourth-order valence-corrected chi connectivity index (χ4v) is 2.91. The molecular weight excluding hydrogens is 352 g/mol. The molecule has 8 heteroatoms. The number of nitrogens with zero attached hydrogens (tertiary/aromatic N) is 1. The van der Waals surface area contributed by atoms with E-state index in [-0.39, 0.29) is 18.2 Å². The summed E-state index contributed by atoms with van der Waals surface area (Å²) in [4.78, 5) is 26.4. The van der Waals surface area contributed by atoms with Crippen LogP contribution in [0.1, 0.15) is 13.3 Å². The highest BCUT2D eigenvalue weighted by Gasteiger charge is 2.33. The Hall–Kier alpha value is -2.61. The van der Waals surface area contributed by atoms with E-state index in [1.165, 1.54) is 0 Å². The van der Waals surface area contributed by atoms with Crippen LogP contribution in [0, 0.1) is 0 Å². The van der Waals surface area contributed by atoms with E-state index in [4.69, 9.17) is 17.0 Å². The zero-order valence-electron chi connectivity index (χ0n) is 14.8. The summed E-state index contributed by atoms with van der Waals surface area (Å²) < 4.78 is 5.37. The van der Waals surface area contributed by atoms with Gasteiger partial charge in [0, 0.05) is 25.3 Å². The lowest BCUT2D eigenvalue weighted by Crippen LogP contribution is -2.60. The van der Waals surface area contributed by atoms with Crippen LogP contribution in [0.5, 0.6) is 5.75 Å². The number of hydrogen-bond acceptors (Lipinski definition) is 4. The van der Waals surface area contributed by atoms with E-state index in [0.717, 1.165) is 5.75 Å². The van der Waals surface area contributed by atoms with Crippen molar-refractivity contribution in [1.29, 1.82) is 0 Å². The molecule has 1 aliphatic rings. The van der Waals surface area contributed by atoms with Gasteiger partial charge in [0.1, 0.15) is 11.8 Å². The first kappa shape index (κ1) is 19.7. The van der Waals surface area contributed by atoms with E-state index in [1.54, 1.807) is 35.2 Å². The van der Waals surface area contributed by atoms with Crippen molar-refractivity contribution in [3.05, 3.63) is 36.9 Å². The number of carbonyl (C=O) groups is 2. The van der Waals surface area contributed by atoms with Crippen LogP contribution in [-0.4, -0.2) is 54.1 Å². The monoisotopic (exact) mass is 376 g/mol. The number of thiocarbonyl (C=S) groups is 1. The Morgan fingerprint density at radius 2 is 2.19 bits per heavy atom. The molecule has 2 rings (SSSR count). The number of hydrogen-bond donors (Lipinski definition) is 3. The van der Waals surface area contributed by atoms with E-state index in [0.29, 0.717) is 37.0 Å². The Kier molecular flexibility index (Phi) is 7.40. The Morgan fingerprint density at radius 3 is 2.85 bits per heavy atom. The van der Waals surface area contributed by atoms with E-state index >= 15 is 0 Å². The normalized spacial score (nSPS) is 16.4. The average molecular weight is 376 g/mol. The van der Waals surface area contributed by atoms with E-state index in [2.05, 4.69) is 22.5 Å². The molecule has 7 nitrogen and oxygen atoms in total. The van der Waals surface area contributed by atoms with Gasteiger partial charge in [0.2, 0.25) is 11.8 Å². The molecule has 1 aliphatic heterocycles. The molecule has 2 amide bonds. The molecular formula is C18H24N4O3S. The summed E-state index contributed by atoms with van der Waals surface area (Å²) in [5.41, 5.74) is 0.647. The highest BCUT2D eigenvalue weighted by molar-refractivity contribution is 7.80. The fourth-order valence-electron chi connectivity index (χ4n) is 2.61. The summed E-state index contributed by atoms with van der Waals surface area (Å²) in [6.45, 7) is 7.67. The van der Waals surface area contributed by atoms with Crippen LogP contribution >= 0.6 is 12.2 Å². The van der Waals surface area contributed by atoms with Gasteiger partial charge in [0.15, 0.2) is 5.11 Å². The van der Waals surface area contributed by atoms with Crippen molar-refractivity contribution in [1.82, 2.24) is 15.5 Å². The Balaban J connectivity index is 1.98. The van der Waals surface area contributed by atoms with E-state index in [9.17, 15) is 9.59 Å². The van der Waals surface area contributed by atoms with Crippen molar-refractivity contribution in [3.8, 4) is 5.75 Å². The van der Waals surface area contributed by atoms with Gasteiger partial charge in [-0.15, -0.1) is 6.58 Å². The predicted octanol–water partition coefficient (Wildman–Crippen LogP) is 1.27. The van der Waals surface area contributed by atoms with Crippen molar-refractivity contribution < 1.29 is 14.3 Å². The second-order valence-electron chi connectivity index (χ2n) is 5.68. The zero-order valence-corrected chi connectivity index (χ0v) is 15.6. The molecule has 1 aromatic carbocycles. The largest absolute Gasteiger partial charge is 0.494 e. The van der Waals surface area contributed by atoms with Crippen LogP contribution in [0.2, 0.25) is 0 Å². The first-order chi connectivity index (χ1) is 12.5. The molecule has 1 heterocycles. The number of carbonyl (C=O) groups excluding carboxylic acids is 2. The third-order valence-corrected chi connectivity index (χ3v) is 4.20.